The van der Waals surface area contributed by atoms with E-state index in [1.165, 1.54) is 69.4 Å². The second kappa shape index (κ2) is 9.55. The van der Waals surface area contributed by atoms with Crippen molar-refractivity contribution in [3.05, 3.63) is 103 Å². The molecule has 0 saturated heterocycles. The number of para-hydroxylation sites is 4. The van der Waals surface area contributed by atoms with Crippen molar-refractivity contribution in [2.75, 3.05) is 16.8 Å². The van der Waals surface area contributed by atoms with Crippen LogP contribution in [0.2, 0.25) is 0 Å². The maximum atomic E-state index is 10.0. The van der Waals surface area contributed by atoms with Gasteiger partial charge in [-0.05, 0) is 44.5 Å². The van der Waals surface area contributed by atoms with E-state index in [1.54, 1.807) is 0 Å². The number of hydrogen-bond acceptors (Lipinski definition) is 4. The number of carbonyl (C=O) groups excluding carboxylic acids is 1. The van der Waals surface area contributed by atoms with Crippen molar-refractivity contribution in [3.8, 4) is 0 Å². The minimum Gasteiger partial charge on any atom is -0.512 e. The van der Waals surface area contributed by atoms with Crippen molar-refractivity contribution >= 4 is 60.9 Å². The van der Waals surface area contributed by atoms with E-state index in [-0.39, 0.29) is 31.6 Å². The Kier molecular flexibility index (Phi) is 6.40. The van der Waals surface area contributed by atoms with Gasteiger partial charge in [-0.25, -0.2) is 0 Å². The average Bonchev–Trinajstić information content (AvgIpc) is 3.50. The summed E-state index contributed by atoms with van der Waals surface area (Å²) in [4.78, 5) is 14.5. The van der Waals surface area contributed by atoms with E-state index < -0.39 is 0 Å². The number of benzene rings is 4. The number of aromatic nitrogens is 1. The van der Waals surface area contributed by atoms with E-state index in [9.17, 15) is 4.79 Å². The molecule has 1 aliphatic heterocycles. The fourth-order valence-corrected chi connectivity index (χ4v) is 5.32. The molecule has 0 atom stereocenters. The van der Waals surface area contributed by atoms with Crippen molar-refractivity contribution in [1.82, 2.24) is 4.40 Å². The van der Waals surface area contributed by atoms with Crippen molar-refractivity contribution in [3.63, 3.8) is 0 Å². The van der Waals surface area contributed by atoms with Gasteiger partial charge in [0.25, 0.3) is 0 Å². The molecule has 37 heavy (non-hydrogen) atoms. The Balaban J connectivity index is 0.000000313. The maximum Gasteiger partial charge on any atom is 0.155 e. The molecule has 0 amide bonds. The molecule has 1 N–H and O–H groups in total. The number of fused-ring (bicyclic) bond motifs is 7. The van der Waals surface area contributed by atoms with E-state index in [0.29, 0.717) is 0 Å². The van der Waals surface area contributed by atoms with Gasteiger partial charge < -0.3 is 19.3 Å². The second-order valence-corrected chi connectivity index (χ2v) is 9.12. The molecule has 0 aliphatic carbocycles. The van der Waals surface area contributed by atoms with E-state index in [4.69, 9.17) is 5.11 Å². The summed E-state index contributed by atoms with van der Waals surface area (Å²) >= 11 is 0. The first-order chi connectivity index (χ1) is 17.5. The summed E-state index contributed by atoms with van der Waals surface area (Å²) in [5.74, 6) is -0.0625. The Morgan fingerprint density at radius 3 is 2.27 bits per heavy atom. The minimum absolute atomic E-state index is 0. The van der Waals surface area contributed by atoms with Crippen LogP contribution in [0, 0.1) is 12.7 Å². The largest absolute Gasteiger partial charge is 0.512 e. The van der Waals surface area contributed by atoms with Crippen LogP contribution in [0.5, 0.6) is 0 Å². The molecule has 2 aromatic heterocycles. The van der Waals surface area contributed by atoms with Gasteiger partial charge in [0, 0.05) is 53.8 Å². The van der Waals surface area contributed by atoms with Crippen LogP contribution in [0.25, 0.3) is 38.1 Å². The predicted octanol–water partition coefficient (Wildman–Crippen LogP) is 7.38. The standard InChI is InChI=1S/C26H17N3.C5H8O2.Ir/c1-27-16-28(22-13-5-4-12-21(22)27)23-14-7-15-24-25(23)19-10-6-9-18-17-8-2-3-11-20(17)29(24)26(18)19;1-4(6)3-5(2)7;/h2-13,15-16H,1H3;3,6H,1-2H3;/q-2;;/b;4-3-;. The minimum atomic E-state index is -0.125. The van der Waals surface area contributed by atoms with Crippen LogP contribution in [-0.2, 0) is 24.9 Å². The molecule has 1 aliphatic rings. The number of rotatable bonds is 2. The summed E-state index contributed by atoms with van der Waals surface area (Å²) in [7, 11) is 2.10. The van der Waals surface area contributed by atoms with E-state index in [0.717, 1.165) is 5.69 Å². The molecule has 6 heteroatoms. The smallest absolute Gasteiger partial charge is 0.155 e. The normalized spacial score (nSPS) is 13.2. The molecule has 4 aromatic carbocycles. The third-order valence-electron chi connectivity index (χ3n) is 6.62. The molecule has 0 saturated carbocycles. The summed E-state index contributed by atoms with van der Waals surface area (Å²) < 4.78 is 2.42. The first-order valence-electron chi connectivity index (χ1n) is 11.9. The molecule has 0 unspecified atom stereocenters. The summed E-state index contributed by atoms with van der Waals surface area (Å²) in [5, 5.41) is 13.5. The van der Waals surface area contributed by atoms with Crippen LogP contribution in [0.1, 0.15) is 13.8 Å². The number of carbonyl (C=O) groups is 1. The van der Waals surface area contributed by atoms with E-state index in [2.05, 4.69) is 113 Å². The van der Waals surface area contributed by atoms with Gasteiger partial charge in [-0.3, -0.25) is 4.79 Å². The number of ketones is 1. The van der Waals surface area contributed by atoms with E-state index >= 15 is 0 Å². The summed E-state index contributed by atoms with van der Waals surface area (Å²) in [6.45, 7) is 5.00. The summed E-state index contributed by atoms with van der Waals surface area (Å²) in [6, 6.07) is 31.6. The van der Waals surface area contributed by atoms with Gasteiger partial charge in [0.15, 0.2) is 5.78 Å². The molecule has 0 bridgehead atoms. The zero-order valence-corrected chi connectivity index (χ0v) is 23.1. The summed E-state index contributed by atoms with van der Waals surface area (Å²) in [5.41, 5.74) is 7.28. The van der Waals surface area contributed by atoms with Gasteiger partial charge >= 0.3 is 0 Å². The third kappa shape index (κ3) is 3.93. The number of allylic oxidation sites excluding steroid dienone is 2. The fourth-order valence-electron chi connectivity index (χ4n) is 5.32. The van der Waals surface area contributed by atoms with Crippen LogP contribution in [0.3, 0.4) is 0 Å². The Bertz CT molecular complexity index is 1800. The van der Waals surface area contributed by atoms with Crippen LogP contribution >= 0.6 is 0 Å². The van der Waals surface area contributed by atoms with Gasteiger partial charge in [-0.15, -0.1) is 6.07 Å². The van der Waals surface area contributed by atoms with Crippen molar-refractivity contribution in [2.24, 2.45) is 0 Å². The average molecular weight is 664 g/mol. The molecule has 187 valence electrons. The first-order valence-corrected chi connectivity index (χ1v) is 11.9. The Morgan fingerprint density at radius 1 is 0.865 bits per heavy atom. The first kappa shape index (κ1) is 24.8. The zero-order valence-electron chi connectivity index (χ0n) is 20.7. The van der Waals surface area contributed by atoms with Crippen LogP contribution < -0.4 is 9.80 Å². The van der Waals surface area contributed by atoms with Crippen LogP contribution in [0.4, 0.5) is 17.1 Å². The molecule has 6 aromatic rings. The third-order valence-corrected chi connectivity index (χ3v) is 6.62. The Hall–Kier alpha value is -3.86. The predicted molar refractivity (Wildman–Crippen MR) is 148 cm³/mol. The quantitative estimate of drug-likeness (QED) is 0.119. The Labute approximate surface area is 228 Å². The molecule has 0 fully saturated rings. The fraction of sp³-hybridized carbons (Fsp3) is 0.0968. The molecule has 7 rings (SSSR count). The van der Waals surface area contributed by atoms with Gasteiger partial charge in [0.05, 0.1) is 11.3 Å². The van der Waals surface area contributed by atoms with Crippen LogP contribution in [0.15, 0.2) is 90.7 Å². The zero-order chi connectivity index (χ0) is 25.0. The molecular formula is C31H25IrN3O2-2. The molecule has 0 spiro atoms. The maximum absolute atomic E-state index is 10.0. The van der Waals surface area contributed by atoms with Gasteiger partial charge in [0.1, 0.15) is 0 Å². The number of nitrogens with zero attached hydrogens (tertiary/aromatic N) is 3. The molecule has 3 heterocycles. The van der Waals surface area contributed by atoms with Gasteiger partial charge in [-0.2, -0.15) is 18.8 Å². The summed E-state index contributed by atoms with van der Waals surface area (Å²) in [6.07, 6.45) is 1.17. The number of aliphatic hydroxyl groups excluding tert-OH is 1. The van der Waals surface area contributed by atoms with Crippen molar-refractivity contribution in [2.45, 2.75) is 13.8 Å². The molecule has 1 radical (unpaired) electrons. The van der Waals surface area contributed by atoms with Gasteiger partial charge in [-0.1, -0.05) is 65.1 Å². The van der Waals surface area contributed by atoms with Crippen molar-refractivity contribution in [1.29, 1.82) is 0 Å². The second-order valence-electron chi connectivity index (χ2n) is 9.12. The Morgan fingerprint density at radius 2 is 1.54 bits per heavy atom. The SMILES string of the molecule is CC(=O)/C=C(/C)O.CN1[CH-]N(c2[c-]ccc3c2c2cccc4c5ccccc5n3c42)c2ccccc21.[Ir]. The molecule has 5 nitrogen and oxygen atoms in total. The van der Waals surface area contributed by atoms with Crippen LogP contribution in [-0.4, -0.2) is 22.3 Å². The van der Waals surface area contributed by atoms with E-state index in [1.807, 2.05) is 0 Å². The molecular weight excluding hydrogens is 639 g/mol. The monoisotopic (exact) mass is 664 g/mol. The number of aliphatic hydroxyl groups is 1. The van der Waals surface area contributed by atoms with Gasteiger partial charge in [0.2, 0.25) is 0 Å². The van der Waals surface area contributed by atoms with Crippen molar-refractivity contribution < 1.29 is 30.0 Å². The topological polar surface area (TPSA) is 48.2 Å². The number of hydrogen-bond donors (Lipinski definition) is 1. The number of anilines is 3.